The summed E-state index contributed by atoms with van der Waals surface area (Å²) >= 11 is 0. The Kier molecular flexibility index (Phi) is 4.59. The molecule has 0 aliphatic rings. The van der Waals surface area contributed by atoms with Crippen LogP contribution in [-0.2, 0) is 0 Å². The monoisotopic (exact) mass is 248 g/mol. The molecule has 0 bridgehead atoms. The molecular weight excluding hydrogens is 228 g/mol. The zero-order valence-electron chi connectivity index (χ0n) is 11.6. The van der Waals surface area contributed by atoms with Crippen LogP contribution in [0.2, 0.25) is 0 Å². The van der Waals surface area contributed by atoms with Crippen LogP contribution in [0.15, 0.2) is 18.3 Å². The highest BCUT2D eigenvalue weighted by molar-refractivity contribution is 6.06. The average Bonchev–Trinajstić information content (AvgIpc) is 2.27. The third kappa shape index (κ3) is 2.94. The third-order valence-electron chi connectivity index (χ3n) is 2.74. The molecule has 0 fully saturated rings. The summed E-state index contributed by atoms with van der Waals surface area (Å²) in [4.78, 5) is 29.8. The number of rotatable bonds is 4. The molecule has 4 heteroatoms. The van der Waals surface area contributed by atoms with Gasteiger partial charge in [-0.15, -0.1) is 0 Å². The maximum absolute atomic E-state index is 12.5. The summed E-state index contributed by atoms with van der Waals surface area (Å²) in [6.45, 7) is 9.26. The molecule has 1 aromatic rings. The first-order chi connectivity index (χ1) is 8.36. The van der Waals surface area contributed by atoms with Crippen molar-refractivity contribution in [2.45, 2.75) is 46.7 Å². The van der Waals surface area contributed by atoms with Gasteiger partial charge in [0.2, 0.25) is 0 Å². The van der Waals surface area contributed by atoms with E-state index in [9.17, 15) is 9.59 Å². The summed E-state index contributed by atoms with van der Waals surface area (Å²) in [6, 6.07) is 3.45. The van der Waals surface area contributed by atoms with Gasteiger partial charge < -0.3 is 4.90 Å². The minimum absolute atomic E-state index is 0.0688. The van der Waals surface area contributed by atoms with Crippen LogP contribution in [0, 0.1) is 0 Å². The molecule has 1 heterocycles. The average molecular weight is 248 g/mol. The van der Waals surface area contributed by atoms with Crippen LogP contribution in [0.25, 0.3) is 0 Å². The summed E-state index contributed by atoms with van der Waals surface area (Å²) in [5, 5.41) is 0. The maximum Gasteiger partial charge on any atom is 0.273 e. The van der Waals surface area contributed by atoms with Crippen LogP contribution in [0.5, 0.6) is 0 Å². The van der Waals surface area contributed by atoms with Gasteiger partial charge in [-0.25, -0.2) is 0 Å². The molecule has 0 saturated heterocycles. The number of ketones is 1. The first kappa shape index (κ1) is 14.4. The largest absolute Gasteiger partial charge is 0.332 e. The fourth-order valence-electron chi connectivity index (χ4n) is 2.05. The Morgan fingerprint density at radius 3 is 2.17 bits per heavy atom. The molecule has 0 N–H and O–H groups in total. The molecule has 18 heavy (non-hydrogen) atoms. The van der Waals surface area contributed by atoms with E-state index in [0.29, 0.717) is 5.56 Å². The van der Waals surface area contributed by atoms with E-state index in [1.807, 2.05) is 27.7 Å². The Morgan fingerprint density at radius 2 is 1.72 bits per heavy atom. The molecule has 1 rings (SSSR count). The number of hydrogen-bond acceptors (Lipinski definition) is 3. The second-order valence-corrected chi connectivity index (χ2v) is 4.86. The van der Waals surface area contributed by atoms with Crippen molar-refractivity contribution in [3.8, 4) is 0 Å². The number of hydrogen-bond donors (Lipinski definition) is 0. The SMILES string of the molecule is CC(=O)c1cccnc1C(=O)N(C(C)C)C(C)C. The highest BCUT2D eigenvalue weighted by Gasteiger charge is 2.25. The van der Waals surface area contributed by atoms with Crippen molar-refractivity contribution < 1.29 is 9.59 Å². The van der Waals surface area contributed by atoms with Gasteiger partial charge in [-0.1, -0.05) is 0 Å². The summed E-state index contributed by atoms with van der Waals surface area (Å²) < 4.78 is 0. The van der Waals surface area contributed by atoms with Crippen molar-refractivity contribution in [2.75, 3.05) is 0 Å². The van der Waals surface area contributed by atoms with Crippen molar-refractivity contribution in [3.63, 3.8) is 0 Å². The number of amides is 1. The summed E-state index contributed by atoms with van der Waals surface area (Å²) in [7, 11) is 0. The van der Waals surface area contributed by atoms with Gasteiger partial charge >= 0.3 is 0 Å². The quantitative estimate of drug-likeness (QED) is 0.769. The van der Waals surface area contributed by atoms with Gasteiger partial charge in [0.15, 0.2) is 5.78 Å². The fourth-order valence-corrected chi connectivity index (χ4v) is 2.05. The van der Waals surface area contributed by atoms with Crippen molar-refractivity contribution in [1.82, 2.24) is 9.88 Å². The number of carbonyl (C=O) groups excluding carboxylic acids is 2. The van der Waals surface area contributed by atoms with Crippen LogP contribution < -0.4 is 0 Å². The van der Waals surface area contributed by atoms with E-state index in [4.69, 9.17) is 0 Å². The minimum Gasteiger partial charge on any atom is -0.332 e. The van der Waals surface area contributed by atoms with Crippen molar-refractivity contribution in [3.05, 3.63) is 29.6 Å². The van der Waals surface area contributed by atoms with E-state index in [1.54, 1.807) is 23.2 Å². The van der Waals surface area contributed by atoms with Gasteiger partial charge in [-0.05, 0) is 46.8 Å². The van der Waals surface area contributed by atoms with Gasteiger partial charge in [-0.2, -0.15) is 0 Å². The van der Waals surface area contributed by atoms with Crippen LogP contribution >= 0.6 is 0 Å². The molecule has 98 valence electrons. The molecule has 1 aromatic heterocycles. The number of aromatic nitrogens is 1. The predicted octanol–water partition coefficient (Wildman–Crippen LogP) is 2.54. The highest BCUT2D eigenvalue weighted by Crippen LogP contribution is 2.14. The van der Waals surface area contributed by atoms with Crippen molar-refractivity contribution >= 4 is 11.7 Å². The predicted molar refractivity (Wildman–Crippen MR) is 70.7 cm³/mol. The van der Waals surface area contributed by atoms with Gasteiger partial charge in [0.05, 0.1) is 0 Å². The number of carbonyl (C=O) groups is 2. The second kappa shape index (κ2) is 5.76. The molecule has 0 aliphatic carbocycles. The van der Waals surface area contributed by atoms with Crippen molar-refractivity contribution in [2.24, 2.45) is 0 Å². The third-order valence-corrected chi connectivity index (χ3v) is 2.74. The Hall–Kier alpha value is -1.71. The van der Waals surface area contributed by atoms with Crippen LogP contribution in [-0.4, -0.2) is 33.7 Å². The van der Waals surface area contributed by atoms with E-state index >= 15 is 0 Å². The first-order valence-corrected chi connectivity index (χ1v) is 6.14. The lowest BCUT2D eigenvalue weighted by molar-refractivity contribution is 0.0633. The number of nitrogens with zero attached hydrogens (tertiary/aromatic N) is 2. The molecule has 4 nitrogen and oxygen atoms in total. The van der Waals surface area contributed by atoms with E-state index in [0.717, 1.165) is 0 Å². The van der Waals surface area contributed by atoms with Crippen molar-refractivity contribution in [1.29, 1.82) is 0 Å². The lowest BCUT2D eigenvalue weighted by Crippen LogP contribution is -2.42. The zero-order chi connectivity index (χ0) is 13.9. The normalized spacial score (nSPS) is 10.8. The molecule has 0 aromatic carbocycles. The van der Waals surface area contributed by atoms with E-state index in [-0.39, 0.29) is 29.5 Å². The lowest BCUT2D eigenvalue weighted by Gasteiger charge is -2.30. The van der Waals surface area contributed by atoms with E-state index in [1.165, 1.54) is 6.92 Å². The van der Waals surface area contributed by atoms with Gasteiger partial charge in [0, 0.05) is 23.8 Å². The molecule has 0 aliphatic heterocycles. The summed E-state index contributed by atoms with van der Waals surface area (Å²) in [5.74, 6) is -0.329. The standard InChI is InChI=1S/C14H20N2O2/c1-9(2)16(10(3)4)14(18)13-12(11(5)17)7-6-8-15-13/h6-10H,1-5H3. The fraction of sp³-hybridized carbons (Fsp3) is 0.500. The van der Waals surface area contributed by atoms with Gasteiger partial charge in [-0.3, -0.25) is 14.6 Å². The molecule has 0 saturated carbocycles. The number of Topliss-reactive ketones (excluding diaryl/α,β-unsaturated/α-hetero) is 1. The maximum atomic E-state index is 12.5. The Balaban J connectivity index is 3.21. The molecule has 0 spiro atoms. The topological polar surface area (TPSA) is 50.3 Å². The number of pyridine rings is 1. The molecule has 0 unspecified atom stereocenters. The van der Waals surface area contributed by atoms with Crippen LogP contribution in [0.4, 0.5) is 0 Å². The summed E-state index contributed by atoms with van der Waals surface area (Å²) in [5.41, 5.74) is 0.626. The lowest BCUT2D eigenvalue weighted by atomic mass is 10.1. The van der Waals surface area contributed by atoms with E-state index in [2.05, 4.69) is 4.98 Å². The Bertz CT molecular complexity index is 445. The van der Waals surface area contributed by atoms with Gasteiger partial charge in [0.1, 0.15) is 5.69 Å². The Labute approximate surface area is 108 Å². The molecule has 1 amide bonds. The molecule has 0 atom stereocenters. The highest BCUT2D eigenvalue weighted by atomic mass is 16.2. The second-order valence-electron chi connectivity index (χ2n) is 4.86. The van der Waals surface area contributed by atoms with E-state index < -0.39 is 0 Å². The zero-order valence-corrected chi connectivity index (χ0v) is 11.6. The van der Waals surface area contributed by atoms with Crippen LogP contribution in [0.1, 0.15) is 55.5 Å². The molecular formula is C14H20N2O2. The first-order valence-electron chi connectivity index (χ1n) is 6.14. The molecule has 0 radical (unpaired) electrons. The summed E-state index contributed by atoms with van der Waals surface area (Å²) in [6.07, 6.45) is 1.54. The Morgan fingerprint density at radius 1 is 1.17 bits per heavy atom. The van der Waals surface area contributed by atoms with Crippen LogP contribution in [0.3, 0.4) is 0 Å². The smallest absolute Gasteiger partial charge is 0.273 e. The minimum atomic E-state index is -0.189. The van der Waals surface area contributed by atoms with Gasteiger partial charge in [0.25, 0.3) is 5.91 Å².